The number of aromatic carboxylic acids is 1. The Morgan fingerprint density at radius 3 is 3.06 bits per heavy atom. The summed E-state index contributed by atoms with van der Waals surface area (Å²) in [6.07, 6.45) is 1.95. The van der Waals surface area contributed by atoms with Gasteiger partial charge in [0.05, 0.1) is 18.1 Å². The number of rotatable bonds is 2. The van der Waals surface area contributed by atoms with Gasteiger partial charge in [0.15, 0.2) is 5.58 Å². The van der Waals surface area contributed by atoms with Crippen molar-refractivity contribution in [2.45, 2.75) is 18.8 Å². The van der Waals surface area contributed by atoms with E-state index in [1.54, 1.807) is 12.1 Å². The maximum absolute atomic E-state index is 11.1. The molecule has 0 amide bonds. The highest BCUT2D eigenvalue weighted by Crippen LogP contribution is 2.29. The first-order valence-corrected chi connectivity index (χ1v) is 5.96. The van der Waals surface area contributed by atoms with Crippen molar-refractivity contribution in [1.82, 2.24) is 4.98 Å². The molecule has 1 saturated heterocycles. The normalized spacial score (nSPS) is 20.1. The van der Waals surface area contributed by atoms with Gasteiger partial charge >= 0.3 is 5.97 Å². The van der Waals surface area contributed by atoms with Crippen LogP contribution in [0.25, 0.3) is 11.1 Å². The SMILES string of the molecule is O=C(O)c1cccc2oc(C3CCCOC3)nc12. The van der Waals surface area contributed by atoms with Crippen LogP contribution in [0.3, 0.4) is 0 Å². The van der Waals surface area contributed by atoms with Crippen LogP contribution in [0, 0.1) is 0 Å². The standard InChI is InChI=1S/C13H13NO4/c15-13(16)9-4-1-5-10-11(9)14-12(18-10)8-3-2-6-17-7-8/h1,4-5,8H,2-3,6-7H2,(H,15,16). The first-order chi connectivity index (χ1) is 8.75. The lowest BCUT2D eigenvalue weighted by Crippen LogP contribution is -2.15. The van der Waals surface area contributed by atoms with Crippen molar-refractivity contribution >= 4 is 17.1 Å². The summed E-state index contributed by atoms with van der Waals surface area (Å²) in [6.45, 7) is 1.37. The van der Waals surface area contributed by atoms with Crippen LogP contribution >= 0.6 is 0 Å². The number of ether oxygens (including phenoxy) is 1. The number of nitrogens with zero attached hydrogens (tertiary/aromatic N) is 1. The molecule has 0 saturated carbocycles. The summed E-state index contributed by atoms with van der Waals surface area (Å²) in [5.74, 6) is -0.272. The first kappa shape index (κ1) is 11.2. The molecule has 1 aromatic heterocycles. The van der Waals surface area contributed by atoms with Crippen LogP contribution in [0.1, 0.15) is 35.0 Å². The third kappa shape index (κ3) is 1.86. The van der Waals surface area contributed by atoms with Gasteiger partial charge in [-0.1, -0.05) is 6.07 Å². The minimum absolute atomic E-state index is 0.132. The largest absolute Gasteiger partial charge is 0.478 e. The van der Waals surface area contributed by atoms with Gasteiger partial charge in [0.25, 0.3) is 0 Å². The molecule has 94 valence electrons. The Labute approximate surface area is 103 Å². The second-order valence-electron chi connectivity index (χ2n) is 4.42. The number of carbonyl (C=O) groups is 1. The molecule has 5 heteroatoms. The average Bonchev–Trinajstić information content (AvgIpc) is 2.83. The fourth-order valence-corrected chi connectivity index (χ4v) is 2.25. The van der Waals surface area contributed by atoms with E-state index < -0.39 is 5.97 Å². The van der Waals surface area contributed by atoms with Crippen LogP contribution in [0.4, 0.5) is 0 Å². The zero-order valence-corrected chi connectivity index (χ0v) is 9.76. The number of hydrogen-bond acceptors (Lipinski definition) is 4. The molecule has 0 aliphatic carbocycles. The summed E-state index contributed by atoms with van der Waals surface area (Å²) in [7, 11) is 0. The van der Waals surface area contributed by atoms with Crippen molar-refractivity contribution in [2.24, 2.45) is 0 Å². The second kappa shape index (κ2) is 4.42. The Balaban J connectivity index is 2.04. The number of oxazole rings is 1. The predicted molar refractivity (Wildman–Crippen MR) is 63.8 cm³/mol. The summed E-state index contributed by atoms with van der Waals surface area (Å²) >= 11 is 0. The topological polar surface area (TPSA) is 72.6 Å². The molecule has 1 fully saturated rings. The maximum atomic E-state index is 11.1. The molecule has 0 radical (unpaired) electrons. The van der Waals surface area contributed by atoms with Crippen molar-refractivity contribution in [1.29, 1.82) is 0 Å². The monoisotopic (exact) mass is 247 g/mol. The van der Waals surface area contributed by atoms with Crippen LogP contribution in [-0.2, 0) is 4.74 Å². The van der Waals surface area contributed by atoms with Crippen LogP contribution < -0.4 is 0 Å². The number of benzene rings is 1. The van der Waals surface area contributed by atoms with Crippen molar-refractivity contribution < 1.29 is 19.1 Å². The minimum atomic E-state index is -0.986. The summed E-state index contributed by atoms with van der Waals surface area (Å²) < 4.78 is 11.0. The molecule has 1 unspecified atom stereocenters. The average molecular weight is 247 g/mol. The molecular weight excluding hydrogens is 234 g/mol. The fourth-order valence-electron chi connectivity index (χ4n) is 2.25. The van der Waals surface area contributed by atoms with E-state index in [0.717, 1.165) is 19.4 Å². The molecule has 0 bridgehead atoms. The van der Waals surface area contributed by atoms with Gasteiger partial charge < -0.3 is 14.3 Å². The van der Waals surface area contributed by atoms with Crippen molar-refractivity contribution in [3.05, 3.63) is 29.7 Å². The van der Waals surface area contributed by atoms with Crippen LogP contribution in [0.15, 0.2) is 22.6 Å². The van der Waals surface area contributed by atoms with Crippen molar-refractivity contribution in [3.8, 4) is 0 Å². The molecule has 1 aromatic carbocycles. The molecular formula is C13H13NO4. The molecule has 1 aliphatic heterocycles. The number of carboxylic acids is 1. The number of fused-ring (bicyclic) bond motifs is 1. The number of carboxylic acid groups (broad SMARTS) is 1. The highest BCUT2D eigenvalue weighted by atomic mass is 16.5. The van der Waals surface area contributed by atoms with E-state index in [1.165, 1.54) is 6.07 Å². The highest BCUT2D eigenvalue weighted by Gasteiger charge is 2.23. The molecule has 1 aliphatic rings. The summed E-state index contributed by atoms with van der Waals surface area (Å²) in [5.41, 5.74) is 1.13. The Bertz CT molecular complexity index is 584. The van der Waals surface area contributed by atoms with Crippen molar-refractivity contribution in [3.63, 3.8) is 0 Å². The third-order valence-electron chi connectivity index (χ3n) is 3.18. The summed E-state index contributed by atoms with van der Waals surface area (Å²) in [4.78, 5) is 15.4. The smallest absolute Gasteiger partial charge is 0.338 e. The summed E-state index contributed by atoms with van der Waals surface area (Å²) in [6, 6.07) is 4.94. The number of aromatic nitrogens is 1. The Morgan fingerprint density at radius 2 is 2.33 bits per heavy atom. The third-order valence-corrected chi connectivity index (χ3v) is 3.18. The van der Waals surface area contributed by atoms with E-state index in [2.05, 4.69) is 4.98 Å². The molecule has 0 spiro atoms. The van der Waals surface area contributed by atoms with E-state index in [4.69, 9.17) is 14.3 Å². The Morgan fingerprint density at radius 1 is 1.44 bits per heavy atom. The van der Waals surface area contributed by atoms with Gasteiger partial charge in [0.2, 0.25) is 5.89 Å². The quantitative estimate of drug-likeness (QED) is 0.882. The summed E-state index contributed by atoms with van der Waals surface area (Å²) in [5, 5.41) is 9.10. The van der Waals surface area contributed by atoms with Gasteiger partial charge in [0.1, 0.15) is 5.52 Å². The Kier molecular flexibility index (Phi) is 2.76. The van der Waals surface area contributed by atoms with Gasteiger partial charge in [0, 0.05) is 6.61 Å². The molecule has 2 aromatic rings. The molecule has 3 rings (SSSR count). The molecule has 18 heavy (non-hydrogen) atoms. The predicted octanol–water partition coefficient (Wildman–Crippen LogP) is 2.42. The fraction of sp³-hybridized carbons (Fsp3) is 0.385. The lowest BCUT2D eigenvalue weighted by atomic mass is 10.0. The van der Waals surface area contributed by atoms with E-state index in [-0.39, 0.29) is 11.5 Å². The second-order valence-corrected chi connectivity index (χ2v) is 4.42. The van der Waals surface area contributed by atoms with E-state index >= 15 is 0 Å². The van der Waals surface area contributed by atoms with E-state index in [0.29, 0.717) is 23.6 Å². The van der Waals surface area contributed by atoms with E-state index in [1.807, 2.05) is 0 Å². The van der Waals surface area contributed by atoms with Gasteiger partial charge in [-0.05, 0) is 25.0 Å². The lowest BCUT2D eigenvalue weighted by Gasteiger charge is -2.18. The van der Waals surface area contributed by atoms with Gasteiger partial charge in [-0.15, -0.1) is 0 Å². The minimum Gasteiger partial charge on any atom is -0.478 e. The first-order valence-electron chi connectivity index (χ1n) is 5.96. The van der Waals surface area contributed by atoms with Crippen LogP contribution in [-0.4, -0.2) is 29.3 Å². The molecule has 5 nitrogen and oxygen atoms in total. The highest BCUT2D eigenvalue weighted by molar-refractivity contribution is 6.00. The zero-order valence-electron chi connectivity index (χ0n) is 9.76. The van der Waals surface area contributed by atoms with E-state index in [9.17, 15) is 4.79 Å². The van der Waals surface area contributed by atoms with Gasteiger partial charge in [-0.2, -0.15) is 0 Å². The number of para-hydroxylation sites is 1. The zero-order chi connectivity index (χ0) is 12.5. The molecule has 1 N–H and O–H groups in total. The molecule has 2 heterocycles. The van der Waals surface area contributed by atoms with Gasteiger partial charge in [-0.25, -0.2) is 9.78 Å². The van der Waals surface area contributed by atoms with Crippen molar-refractivity contribution in [2.75, 3.05) is 13.2 Å². The van der Waals surface area contributed by atoms with Gasteiger partial charge in [-0.3, -0.25) is 0 Å². The lowest BCUT2D eigenvalue weighted by molar-refractivity contribution is 0.0699. The van der Waals surface area contributed by atoms with Crippen LogP contribution in [0.2, 0.25) is 0 Å². The molecule has 1 atom stereocenters. The van der Waals surface area contributed by atoms with Crippen LogP contribution in [0.5, 0.6) is 0 Å². The number of hydrogen-bond donors (Lipinski definition) is 1. The Hall–Kier alpha value is -1.88. The maximum Gasteiger partial charge on any atom is 0.338 e.